The maximum atomic E-state index is 11.9. The first-order chi connectivity index (χ1) is 10.1. The molecule has 0 fully saturated rings. The Morgan fingerprint density at radius 1 is 1.24 bits per heavy atom. The molecule has 0 radical (unpaired) electrons. The predicted molar refractivity (Wildman–Crippen MR) is 84.2 cm³/mol. The lowest BCUT2D eigenvalue weighted by atomic mass is 10.1. The maximum Gasteiger partial charge on any atom is 0.271 e. The highest BCUT2D eigenvalue weighted by Gasteiger charge is 2.04. The summed E-state index contributed by atoms with van der Waals surface area (Å²) in [7, 11) is 0. The van der Waals surface area contributed by atoms with Crippen LogP contribution in [0.3, 0.4) is 0 Å². The molecule has 2 aromatic rings. The summed E-state index contributed by atoms with van der Waals surface area (Å²) in [6.07, 6.45) is 5.03. The SMILES string of the molecule is CC(/C=N\NC(=O)c1ccc(C)c(C)c1)=C\c1ccco1. The quantitative estimate of drug-likeness (QED) is 0.686. The van der Waals surface area contributed by atoms with Crippen LogP contribution in [-0.2, 0) is 0 Å². The minimum absolute atomic E-state index is 0.222. The van der Waals surface area contributed by atoms with E-state index in [0.717, 1.165) is 22.5 Å². The highest BCUT2D eigenvalue weighted by molar-refractivity contribution is 5.95. The molecule has 4 heteroatoms. The van der Waals surface area contributed by atoms with Gasteiger partial charge in [-0.15, -0.1) is 0 Å². The van der Waals surface area contributed by atoms with Crippen molar-refractivity contribution in [3.05, 3.63) is 64.6 Å². The molecule has 0 aliphatic carbocycles. The van der Waals surface area contributed by atoms with Crippen LogP contribution >= 0.6 is 0 Å². The zero-order chi connectivity index (χ0) is 15.2. The summed E-state index contributed by atoms with van der Waals surface area (Å²) in [6, 6.07) is 9.24. The van der Waals surface area contributed by atoms with E-state index < -0.39 is 0 Å². The Balaban J connectivity index is 1.97. The van der Waals surface area contributed by atoms with Gasteiger partial charge in [0, 0.05) is 5.56 Å². The number of furan rings is 1. The molecule has 1 aromatic carbocycles. The van der Waals surface area contributed by atoms with Gasteiger partial charge in [-0.2, -0.15) is 5.10 Å². The highest BCUT2D eigenvalue weighted by atomic mass is 16.3. The standard InChI is InChI=1S/C17H18N2O2/c1-12(9-16-5-4-8-21-16)11-18-19-17(20)15-7-6-13(2)14(3)10-15/h4-11H,1-3H3,(H,19,20)/b12-9+,18-11-. The van der Waals surface area contributed by atoms with Crippen molar-refractivity contribution in [3.63, 3.8) is 0 Å². The summed E-state index contributed by atoms with van der Waals surface area (Å²) in [4.78, 5) is 11.9. The van der Waals surface area contributed by atoms with Crippen LogP contribution in [0.25, 0.3) is 6.08 Å². The second kappa shape index (κ2) is 6.70. The third-order valence-corrected chi connectivity index (χ3v) is 3.12. The number of allylic oxidation sites excluding steroid dienone is 1. The molecule has 0 unspecified atom stereocenters. The normalized spacial score (nSPS) is 11.9. The van der Waals surface area contributed by atoms with Gasteiger partial charge in [0.1, 0.15) is 5.76 Å². The minimum Gasteiger partial charge on any atom is -0.465 e. The summed E-state index contributed by atoms with van der Waals surface area (Å²) in [6.45, 7) is 5.87. The molecule has 0 saturated heterocycles. The first kappa shape index (κ1) is 14.8. The number of nitrogens with one attached hydrogen (secondary N) is 1. The molecule has 0 aliphatic rings. The summed E-state index contributed by atoms with van der Waals surface area (Å²) in [5.41, 5.74) is 6.24. The Bertz CT molecular complexity index is 683. The molecule has 2 rings (SSSR count). The fraction of sp³-hybridized carbons (Fsp3) is 0.176. The van der Waals surface area contributed by atoms with Crippen LogP contribution in [-0.4, -0.2) is 12.1 Å². The van der Waals surface area contributed by atoms with Gasteiger partial charge in [0.25, 0.3) is 5.91 Å². The zero-order valence-corrected chi connectivity index (χ0v) is 12.4. The van der Waals surface area contributed by atoms with Crippen molar-refractivity contribution in [3.8, 4) is 0 Å². The number of hydrogen-bond donors (Lipinski definition) is 1. The largest absolute Gasteiger partial charge is 0.465 e. The molecule has 0 bridgehead atoms. The van der Waals surface area contributed by atoms with Crippen LogP contribution in [0.15, 0.2) is 51.7 Å². The van der Waals surface area contributed by atoms with E-state index in [0.29, 0.717) is 5.56 Å². The average molecular weight is 282 g/mol. The maximum absolute atomic E-state index is 11.9. The zero-order valence-electron chi connectivity index (χ0n) is 12.4. The minimum atomic E-state index is -0.222. The Morgan fingerprint density at radius 3 is 2.71 bits per heavy atom. The van der Waals surface area contributed by atoms with Gasteiger partial charge in [0.15, 0.2) is 0 Å². The van der Waals surface area contributed by atoms with Crippen molar-refractivity contribution in [2.24, 2.45) is 5.10 Å². The monoisotopic (exact) mass is 282 g/mol. The molecule has 1 N–H and O–H groups in total. The van der Waals surface area contributed by atoms with Gasteiger partial charge in [-0.25, -0.2) is 5.43 Å². The molecule has 0 spiro atoms. The van der Waals surface area contributed by atoms with E-state index in [2.05, 4.69) is 10.5 Å². The number of carbonyl (C=O) groups excluding carboxylic acids is 1. The van der Waals surface area contributed by atoms with E-state index in [1.54, 1.807) is 18.5 Å². The number of aryl methyl sites for hydroxylation is 2. The number of nitrogens with zero attached hydrogens (tertiary/aromatic N) is 1. The molecule has 0 saturated carbocycles. The third kappa shape index (κ3) is 4.18. The van der Waals surface area contributed by atoms with Gasteiger partial charge < -0.3 is 4.42 Å². The number of rotatable bonds is 4. The van der Waals surface area contributed by atoms with E-state index in [1.165, 1.54) is 0 Å². The van der Waals surface area contributed by atoms with Crippen LogP contribution in [0.5, 0.6) is 0 Å². The number of hydrazone groups is 1. The fourth-order valence-electron chi connectivity index (χ4n) is 1.77. The number of amides is 1. The van der Waals surface area contributed by atoms with Crippen LogP contribution < -0.4 is 5.43 Å². The van der Waals surface area contributed by atoms with Gasteiger partial charge in [0.05, 0.1) is 12.5 Å². The molecule has 0 aliphatic heterocycles. The summed E-state index contributed by atoms with van der Waals surface area (Å²) < 4.78 is 5.20. The van der Waals surface area contributed by atoms with Crippen LogP contribution in [0.1, 0.15) is 34.2 Å². The first-order valence-corrected chi connectivity index (χ1v) is 6.69. The van der Waals surface area contributed by atoms with Crippen LogP contribution in [0.2, 0.25) is 0 Å². The van der Waals surface area contributed by atoms with Gasteiger partial charge in [0.2, 0.25) is 0 Å². The lowest BCUT2D eigenvalue weighted by Crippen LogP contribution is -2.17. The van der Waals surface area contributed by atoms with Gasteiger partial charge in [-0.3, -0.25) is 4.79 Å². The molecule has 0 atom stereocenters. The highest BCUT2D eigenvalue weighted by Crippen LogP contribution is 2.09. The average Bonchev–Trinajstić information content (AvgIpc) is 2.94. The van der Waals surface area contributed by atoms with E-state index in [9.17, 15) is 4.79 Å². The molecule has 1 amide bonds. The smallest absolute Gasteiger partial charge is 0.271 e. The Kier molecular flexibility index (Phi) is 4.72. The van der Waals surface area contributed by atoms with Crippen molar-refractivity contribution < 1.29 is 9.21 Å². The van der Waals surface area contributed by atoms with Crippen molar-refractivity contribution in [2.75, 3.05) is 0 Å². The van der Waals surface area contributed by atoms with E-state index in [-0.39, 0.29) is 5.91 Å². The number of benzene rings is 1. The first-order valence-electron chi connectivity index (χ1n) is 6.69. The molecular formula is C17H18N2O2. The van der Waals surface area contributed by atoms with Crippen LogP contribution in [0, 0.1) is 13.8 Å². The molecule has 108 valence electrons. The summed E-state index contributed by atoms with van der Waals surface area (Å²) in [5, 5.41) is 3.95. The van der Waals surface area contributed by atoms with Crippen LogP contribution in [0.4, 0.5) is 0 Å². The van der Waals surface area contributed by atoms with Crippen molar-refractivity contribution >= 4 is 18.2 Å². The Hall–Kier alpha value is -2.62. The van der Waals surface area contributed by atoms with Crippen molar-refractivity contribution in [1.82, 2.24) is 5.43 Å². The number of hydrogen-bond acceptors (Lipinski definition) is 3. The summed E-state index contributed by atoms with van der Waals surface area (Å²) >= 11 is 0. The van der Waals surface area contributed by atoms with E-state index >= 15 is 0 Å². The van der Waals surface area contributed by atoms with E-state index in [1.807, 2.05) is 51.1 Å². The molecule has 4 nitrogen and oxygen atoms in total. The molecule has 21 heavy (non-hydrogen) atoms. The third-order valence-electron chi connectivity index (χ3n) is 3.12. The molecule has 1 aromatic heterocycles. The lowest BCUT2D eigenvalue weighted by Gasteiger charge is -2.03. The van der Waals surface area contributed by atoms with Gasteiger partial charge in [-0.05, 0) is 67.8 Å². The van der Waals surface area contributed by atoms with Gasteiger partial charge >= 0.3 is 0 Å². The lowest BCUT2D eigenvalue weighted by molar-refractivity contribution is 0.0955. The predicted octanol–water partition coefficient (Wildman–Crippen LogP) is 3.72. The topological polar surface area (TPSA) is 54.6 Å². The van der Waals surface area contributed by atoms with Gasteiger partial charge in [-0.1, -0.05) is 6.07 Å². The van der Waals surface area contributed by atoms with Crippen molar-refractivity contribution in [2.45, 2.75) is 20.8 Å². The number of carbonyl (C=O) groups is 1. The second-order valence-electron chi connectivity index (χ2n) is 4.90. The molecular weight excluding hydrogens is 264 g/mol. The Morgan fingerprint density at radius 2 is 2.05 bits per heavy atom. The molecule has 1 heterocycles. The Labute approximate surface area is 124 Å². The van der Waals surface area contributed by atoms with E-state index in [4.69, 9.17) is 4.42 Å². The van der Waals surface area contributed by atoms with Crippen molar-refractivity contribution in [1.29, 1.82) is 0 Å². The second-order valence-corrected chi connectivity index (χ2v) is 4.90. The fourth-order valence-corrected chi connectivity index (χ4v) is 1.77. The summed E-state index contributed by atoms with van der Waals surface area (Å²) in [5.74, 6) is 0.527.